The molecule has 0 aromatic heterocycles. The second kappa shape index (κ2) is 6.52. The number of carbonyl (C=O) groups excluding carboxylic acids is 1. The number of nitrogens with zero attached hydrogens (tertiary/aromatic N) is 1. The van der Waals surface area contributed by atoms with E-state index in [4.69, 9.17) is 4.74 Å². The number of nitrogens with one attached hydrogen (secondary N) is 1. The number of likely N-dealkylation sites (tertiary alicyclic amines) is 1. The lowest BCUT2D eigenvalue weighted by molar-refractivity contribution is -0.0127. The number of allylic oxidation sites excluding steroid dienone is 3. The van der Waals surface area contributed by atoms with E-state index in [1.165, 1.54) is 0 Å². The molecule has 0 aromatic carbocycles. The molecule has 0 aromatic rings. The second-order valence-electron chi connectivity index (χ2n) is 6.75. The van der Waals surface area contributed by atoms with Crippen LogP contribution in [0.1, 0.15) is 33.6 Å². The van der Waals surface area contributed by atoms with Crippen LogP contribution in [0.4, 0.5) is 4.79 Å². The fourth-order valence-electron chi connectivity index (χ4n) is 2.63. The topological polar surface area (TPSA) is 61.8 Å². The molecule has 21 heavy (non-hydrogen) atoms. The number of rotatable bonds is 2. The van der Waals surface area contributed by atoms with Crippen molar-refractivity contribution in [3.8, 4) is 0 Å². The highest BCUT2D eigenvalue weighted by atomic mass is 16.6. The first-order valence-electron chi connectivity index (χ1n) is 7.61. The molecule has 0 radical (unpaired) electrons. The van der Waals surface area contributed by atoms with Gasteiger partial charge in [0.25, 0.3) is 0 Å². The first-order valence-corrected chi connectivity index (χ1v) is 7.61. The summed E-state index contributed by atoms with van der Waals surface area (Å²) < 4.78 is 5.35. The van der Waals surface area contributed by atoms with Crippen LogP contribution >= 0.6 is 0 Å². The predicted octanol–water partition coefficient (Wildman–Crippen LogP) is 2.04. The van der Waals surface area contributed by atoms with Crippen LogP contribution in [-0.2, 0) is 4.74 Å². The lowest BCUT2D eigenvalue weighted by Crippen LogP contribution is -2.48. The maximum Gasteiger partial charge on any atom is 0.410 e. The first kappa shape index (κ1) is 15.9. The number of carbonyl (C=O) groups is 1. The second-order valence-corrected chi connectivity index (χ2v) is 6.75. The molecule has 0 aliphatic carbocycles. The Morgan fingerprint density at radius 3 is 2.86 bits per heavy atom. The molecule has 0 spiro atoms. The number of hydrogen-bond acceptors (Lipinski definition) is 4. The van der Waals surface area contributed by atoms with E-state index in [1.807, 2.05) is 26.8 Å². The zero-order valence-electron chi connectivity index (χ0n) is 13.1. The molecule has 5 heteroatoms. The number of aliphatic hydroxyl groups excluding tert-OH is 1. The summed E-state index contributed by atoms with van der Waals surface area (Å²) >= 11 is 0. The Bertz CT molecular complexity index is 437. The van der Waals surface area contributed by atoms with Gasteiger partial charge in [0, 0.05) is 18.8 Å². The highest BCUT2D eigenvalue weighted by Gasteiger charge is 2.32. The molecule has 0 bridgehead atoms. The van der Waals surface area contributed by atoms with Gasteiger partial charge in [0.2, 0.25) is 0 Å². The summed E-state index contributed by atoms with van der Waals surface area (Å²) in [6.45, 7) is 7.38. The molecule has 1 saturated heterocycles. The number of amides is 1. The highest BCUT2D eigenvalue weighted by Crippen LogP contribution is 2.25. The van der Waals surface area contributed by atoms with Crippen molar-refractivity contribution in [1.82, 2.24) is 10.2 Å². The standard InChI is InChI=1S/C16H26N2O3/c1-16(2,3)21-15(20)18-9-7-12(14(19)11-18)10-13-6-4-5-8-17-13/h4-6,12,14,17,19H,7-11H2,1-3H3. The van der Waals surface area contributed by atoms with Crippen LogP contribution < -0.4 is 5.32 Å². The van der Waals surface area contributed by atoms with Crippen molar-refractivity contribution in [3.63, 3.8) is 0 Å². The van der Waals surface area contributed by atoms with Crippen LogP contribution in [0.2, 0.25) is 0 Å². The van der Waals surface area contributed by atoms with Crippen molar-refractivity contribution in [3.05, 3.63) is 23.9 Å². The van der Waals surface area contributed by atoms with Crippen molar-refractivity contribution in [2.24, 2.45) is 5.92 Å². The average Bonchev–Trinajstić information content (AvgIpc) is 2.40. The summed E-state index contributed by atoms with van der Waals surface area (Å²) in [6, 6.07) is 0. The van der Waals surface area contributed by atoms with E-state index in [2.05, 4.69) is 17.5 Å². The Kier molecular flexibility index (Phi) is 4.93. The Labute approximate surface area is 126 Å². The van der Waals surface area contributed by atoms with Crippen molar-refractivity contribution < 1.29 is 14.6 Å². The third-order valence-electron chi connectivity index (χ3n) is 3.74. The molecule has 2 atom stereocenters. The van der Waals surface area contributed by atoms with Crippen LogP contribution in [-0.4, -0.2) is 47.4 Å². The minimum Gasteiger partial charge on any atom is -0.444 e. The molecule has 1 fully saturated rings. The largest absolute Gasteiger partial charge is 0.444 e. The molecule has 118 valence electrons. The van der Waals surface area contributed by atoms with Crippen molar-refractivity contribution in [2.75, 3.05) is 19.6 Å². The van der Waals surface area contributed by atoms with Gasteiger partial charge >= 0.3 is 6.09 Å². The minimum atomic E-state index is -0.500. The summed E-state index contributed by atoms with van der Waals surface area (Å²) in [5, 5.41) is 13.6. The fourth-order valence-corrected chi connectivity index (χ4v) is 2.63. The molecule has 2 N–H and O–H groups in total. The number of β-amino-alcohol motifs (C(OH)–C–C–N with tert-alkyl or cyclic N) is 1. The number of dihydropyridines is 1. The number of hydrogen-bond donors (Lipinski definition) is 2. The Morgan fingerprint density at radius 2 is 2.29 bits per heavy atom. The number of piperidine rings is 1. The summed E-state index contributed by atoms with van der Waals surface area (Å²) in [7, 11) is 0. The molecular weight excluding hydrogens is 268 g/mol. The SMILES string of the molecule is CC(C)(C)OC(=O)N1CCC(CC2=CC=CCN2)C(O)C1. The maximum atomic E-state index is 12.0. The quantitative estimate of drug-likeness (QED) is 0.818. The van der Waals surface area contributed by atoms with Crippen LogP contribution in [0.25, 0.3) is 0 Å². The van der Waals surface area contributed by atoms with Gasteiger partial charge in [0.1, 0.15) is 5.60 Å². The summed E-state index contributed by atoms with van der Waals surface area (Å²) in [4.78, 5) is 13.6. The molecule has 5 nitrogen and oxygen atoms in total. The molecule has 0 saturated carbocycles. The summed E-state index contributed by atoms with van der Waals surface area (Å²) in [5.74, 6) is 0.189. The molecule has 2 unspecified atom stereocenters. The highest BCUT2D eigenvalue weighted by molar-refractivity contribution is 5.68. The van der Waals surface area contributed by atoms with Gasteiger partial charge in [0.15, 0.2) is 0 Å². The van der Waals surface area contributed by atoms with Crippen LogP contribution in [0, 0.1) is 5.92 Å². The first-order chi connectivity index (χ1) is 9.85. The number of ether oxygens (including phenoxy) is 1. The van der Waals surface area contributed by atoms with Gasteiger partial charge in [-0.1, -0.05) is 12.2 Å². The Morgan fingerprint density at radius 1 is 1.52 bits per heavy atom. The van der Waals surface area contributed by atoms with Gasteiger partial charge in [-0.3, -0.25) is 0 Å². The summed E-state index contributed by atoms with van der Waals surface area (Å²) in [6.07, 6.45) is 6.93. The zero-order valence-corrected chi connectivity index (χ0v) is 13.1. The van der Waals surface area contributed by atoms with E-state index in [9.17, 15) is 9.90 Å². The van der Waals surface area contributed by atoms with Crippen LogP contribution in [0.15, 0.2) is 23.9 Å². The van der Waals surface area contributed by atoms with Crippen molar-refractivity contribution in [1.29, 1.82) is 0 Å². The molecule has 2 heterocycles. The van der Waals surface area contributed by atoms with E-state index in [1.54, 1.807) is 4.90 Å². The maximum absolute atomic E-state index is 12.0. The Hall–Kier alpha value is -1.49. The van der Waals surface area contributed by atoms with Crippen molar-refractivity contribution >= 4 is 6.09 Å². The van der Waals surface area contributed by atoms with Crippen LogP contribution in [0.5, 0.6) is 0 Å². The minimum absolute atomic E-state index is 0.189. The van der Waals surface area contributed by atoms with Crippen molar-refractivity contribution in [2.45, 2.75) is 45.3 Å². The molecule has 2 aliphatic heterocycles. The third-order valence-corrected chi connectivity index (χ3v) is 3.74. The van der Waals surface area contributed by atoms with E-state index < -0.39 is 11.7 Å². The average molecular weight is 294 g/mol. The smallest absolute Gasteiger partial charge is 0.410 e. The van der Waals surface area contributed by atoms with Gasteiger partial charge in [0.05, 0.1) is 12.6 Å². The lowest BCUT2D eigenvalue weighted by atomic mass is 9.89. The van der Waals surface area contributed by atoms with E-state index in [0.717, 1.165) is 25.1 Å². The van der Waals surface area contributed by atoms with Gasteiger partial charge in [-0.15, -0.1) is 0 Å². The monoisotopic (exact) mass is 294 g/mol. The predicted molar refractivity (Wildman–Crippen MR) is 81.8 cm³/mol. The Balaban J connectivity index is 1.85. The van der Waals surface area contributed by atoms with E-state index in [-0.39, 0.29) is 12.0 Å². The van der Waals surface area contributed by atoms with Gasteiger partial charge in [-0.25, -0.2) is 4.79 Å². The fraction of sp³-hybridized carbons (Fsp3) is 0.688. The van der Waals surface area contributed by atoms with Gasteiger partial charge in [-0.05, 0) is 45.6 Å². The third kappa shape index (κ3) is 4.77. The summed E-state index contributed by atoms with van der Waals surface area (Å²) in [5.41, 5.74) is 0.662. The zero-order chi connectivity index (χ0) is 15.5. The van der Waals surface area contributed by atoms with Gasteiger partial charge < -0.3 is 20.1 Å². The normalized spacial score (nSPS) is 26.1. The van der Waals surface area contributed by atoms with E-state index in [0.29, 0.717) is 13.1 Å². The number of aliphatic hydroxyl groups is 1. The molecule has 2 rings (SSSR count). The van der Waals surface area contributed by atoms with Gasteiger partial charge in [-0.2, -0.15) is 0 Å². The lowest BCUT2D eigenvalue weighted by Gasteiger charge is -2.37. The molecular formula is C16H26N2O3. The van der Waals surface area contributed by atoms with E-state index >= 15 is 0 Å². The van der Waals surface area contributed by atoms with Crippen LogP contribution in [0.3, 0.4) is 0 Å². The molecule has 2 aliphatic rings. The molecule has 1 amide bonds.